The Morgan fingerprint density at radius 2 is 2.07 bits per heavy atom. The molecule has 0 N–H and O–H groups in total. The van der Waals surface area contributed by atoms with Gasteiger partial charge < -0.3 is 0 Å². The molecule has 0 fully saturated rings. The van der Waals surface area contributed by atoms with Crippen molar-refractivity contribution in [1.29, 1.82) is 5.26 Å². The molecule has 0 aromatic carbocycles. The molecule has 0 spiro atoms. The molecule has 1 aromatic rings. The van der Waals surface area contributed by atoms with Crippen LogP contribution in [-0.2, 0) is 10.0 Å². The van der Waals surface area contributed by atoms with Gasteiger partial charge in [-0.2, -0.15) is 5.26 Å². The molecule has 5 nitrogen and oxygen atoms in total. The first-order chi connectivity index (χ1) is 6.48. The highest BCUT2D eigenvalue weighted by Gasteiger charge is 2.17. The van der Waals surface area contributed by atoms with Gasteiger partial charge in [0.2, 0.25) is 0 Å². The van der Waals surface area contributed by atoms with Crippen molar-refractivity contribution in [3.05, 3.63) is 23.9 Å². The Balaban J connectivity index is 3.18. The summed E-state index contributed by atoms with van der Waals surface area (Å²) in [5, 5.41) is 8.44. The highest BCUT2D eigenvalue weighted by Crippen LogP contribution is 2.09. The van der Waals surface area contributed by atoms with Gasteiger partial charge in [0.05, 0.1) is 5.56 Å². The van der Waals surface area contributed by atoms with Gasteiger partial charge in [-0.05, 0) is 12.1 Å². The third kappa shape index (κ3) is 1.89. The minimum absolute atomic E-state index is 0.0542. The molecular formula is C8H9N3O2S. The molecule has 0 aliphatic carbocycles. The summed E-state index contributed by atoms with van der Waals surface area (Å²) in [7, 11) is -0.637. The van der Waals surface area contributed by atoms with Gasteiger partial charge in [-0.3, -0.25) is 0 Å². The van der Waals surface area contributed by atoms with Crippen LogP contribution < -0.4 is 0 Å². The molecule has 6 heteroatoms. The molecule has 0 atom stereocenters. The lowest BCUT2D eigenvalue weighted by atomic mass is 10.3. The van der Waals surface area contributed by atoms with E-state index in [0.29, 0.717) is 5.56 Å². The zero-order valence-electron chi connectivity index (χ0n) is 7.80. The number of pyridine rings is 1. The molecule has 74 valence electrons. The summed E-state index contributed by atoms with van der Waals surface area (Å²) in [5.41, 5.74) is 0.336. The Labute approximate surface area is 82.7 Å². The van der Waals surface area contributed by atoms with Gasteiger partial charge in [0.15, 0.2) is 5.03 Å². The van der Waals surface area contributed by atoms with Crippen LogP contribution in [0.2, 0.25) is 0 Å². The molecule has 0 aliphatic rings. The van der Waals surface area contributed by atoms with Crippen LogP contribution in [0.5, 0.6) is 0 Å². The van der Waals surface area contributed by atoms with Crippen LogP contribution in [0.4, 0.5) is 0 Å². The largest absolute Gasteiger partial charge is 0.260 e. The normalized spacial score (nSPS) is 11.3. The number of hydrogen-bond acceptors (Lipinski definition) is 4. The molecule has 0 unspecified atom stereocenters. The molecular weight excluding hydrogens is 202 g/mol. The lowest BCUT2D eigenvalue weighted by molar-refractivity contribution is 0.517. The summed E-state index contributed by atoms with van der Waals surface area (Å²) in [6, 6.07) is 4.60. The van der Waals surface area contributed by atoms with Gasteiger partial charge in [0.25, 0.3) is 10.0 Å². The van der Waals surface area contributed by atoms with Crippen LogP contribution >= 0.6 is 0 Å². The Morgan fingerprint density at radius 1 is 1.43 bits per heavy atom. The van der Waals surface area contributed by atoms with Crippen molar-refractivity contribution in [2.45, 2.75) is 5.03 Å². The molecule has 1 rings (SSSR count). The molecule has 0 radical (unpaired) electrons. The van der Waals surface area contributed by atoms with Gasteiger partial charge in [-0.15, -0.1) is 0 Å². The van der Waals surface area contributed by atoms with Crippen LogP contribution in [-0.4, -0.2) is 31.8 Å². The fraction of sp³-hybridized carbons (Fsp3) is 0.250. The van der Waals surface area contributed by atoms with Crippen molar-refractivity contribution < 1.29 is 8.42 Å². The summed E-state index contributed by atoms with van der Waals surface area (Å²) in [6.45, 7) is 0. The predicted molar refractivity (Wildman–Crippen MR) is 49.8 cm³/mol. The van der Waals surface area contributed by atoms with Crippen LogP contribution in [0.3, 0.4) is 0 Å². The van der Waals surface area contributed by atoms with E-state index < -0.39 is 10.0 Å². The summed E-state index contributed by atoms with van der Waals surface area (Å²) in [4.78, 5) is 3.69. The fourth-order valence-electron chi connectivity index (χ4n) is 0.786. The van der Waals surface area contributed by atoms with E-state index in [1.54, 1.807) is 0 Å². The van der Waals surface area contributed by atoms with E-state index in [0.717, 1.165) is 4.31 Å². The Morgan fingerprint density at radius 3 is 2.43 bits per heavy atom. The van der Waals surface area contributed by atoms with E-state index in [1.807, 2.05) is 6.07 Å². The van der Waals surface area contributed by atoms with Crippen molar-refractivity contribution in [3.63, 3.8) is 0 Å². The van der Waals surface area contributed by atoms with Crippen molar-refractivity contribution in [2.24, 2.45) is 0 Å². The highest BCUT2D eigenvalue weighted by atomic mass is 32.2. The van der Waals surface area contributed by atoms with E-state index in [4.69, 9.17) is 5.26 Å². The lowest BCUT2D eigenvalue weighted by Gasteiger charge is -2.09. The van der Waals surface area contributed by atoms with Crippen molar-refractivity contribution in [1.82, 2.24) is 9.29 Å². The molecule has 0 bridgehead atoms. The highest BCUT2D eigenvalue weighted by molar-refractivity contribution is 7.89. The molecule has 0 saturated carbocycles. The lowest BCUT2D eigenvalue weighted by Crippen LogP contribution is -2.23. The first-order valence-electron chi connectivity index (χ1n) is 3.77. The Kier molecular flexibility index (Phi) is 2.84. The Bertz CT molecular complexity index is 456. The second-order valence-corrected chi connectivity index (χ2v) is 4.88. The second-order valence-electron chi connectivity index (χ2n) is 2.78. The second kappa shape index (κ2) is 3.74. The quantitative estimate of drug-likeness (QED) is 0.700. The first kappa shape index (κ1) is 10.6. The number of nitrogens with zero attached hydrogens (tertiary/aromatic N) is 3. The van der Waals surface area contributed by atoms with E-state index in [1.165, 1.54) is 32.4 Å². The number of hydrogen-bond donors (Lipinski definition) is 0. The van der Waals surface area contributed by atoms with E-state index in [2.05, 4.69) is 4.98 Å². The number of aromatic nitrogens is 1. The van der Waals surface area contributed by atoms with E-state index in [9.17, 15) is 8.42 Å². The molecule has 0 aliphatic heterocycles. The number of rotatable bonds is 2. The van der Waals surface area contributed by atoms with Gasteiger partial charge >= 0.3 is 0 Å². The monoisotopic (exact) mass is 211 g/mol. The van der Waals surface area contributed by atoms with Crippen molar-refractivity contribution >= 4 is 10.0 Å². The van der Waals surface area contributed by atoms with E-state index >= 15 is 0 Å². The zero-order chi connectivity index (χ0) is 10.8. The summed E-state index contributed by atoms with van der Waals surface area (Å²) < 4.78 is 24.1. The third-order valence-corrected chi connectivity index (χ3v) is 3.34. The standard InChI is InChI=1S/C8H9N3O2S/c1-11(2)14(12,13)8-4-3-7(5-9)6-10-8/h3-4,6H,1-2H3. The smallest absolute Gasteiger partial charge is 0.242 e. The maximum Gasteiger partial charge on any atom is 0.260 e. The minimum atomic E-state index is -3.49. The van der Waals surface area contributed by atoms with Gasteiger partial charge in [-0.25, -0.2) is 17.7 Å². The van der Waals surface area contributed by atoms with Crippen LogP contribution in [0.25, 0.3) is 0 Å². The number of nitriles is 1. The maximum absolute atomic E-state index is 11.5. The van der Waals surface area contributed by atoms with Gasteiger partial charge in [-0.1, -0.05) is 0 Å². The average molecular weight is 211 g/mol. The maximum atomic E-state index is 11.5. The van der Waals surface area contributed by atoms with Crippen molar-refractivity contribution in [2.75, 3.05) is 14.1 Å². The molecule has 0 saturated heterocycles. The molecule has 1 aromatic heterocycles. The van der Waals surface area contributed by atoms with Gasteiger partial charge in [0, 0.05) is 20.3 Å². The molecule has 0 amide bonds. The summed E-state index contributed by atoms with van der Waals surface area (Å²) >= 11 is 0. The summed E-state index contributed by atoms with van der Waals surface area (Å²) in [6.07, 6.45) is 1.23. The fourth-order valence-corrected chi connectivity index (χ4v) is 1.59. The first-order valence-corrected chi connectivity index (χ1v) is 5.21. The van der Waals surface area contributed by atoms with E-state index in [-0.39, 0.29) is 5.03 Å². The Hall–Kier alpha value is -1.45. The van der Waals surface area contributed by atoms with Crippen molar-refractivity contribution in [3.8, 4) is 6.07 Å². The molecule has 1 heterocycles. The third-order valence-electron chi connectivity index (χ3n) is 1.61. The zero-order valence-corrected chi connectivity index (χ0v) is 8.61. The minimum Gasteiger partial charge on any atom is -0.242 e. The average Bonchev–Trinajstić information content (AvgIpc) is 2.17. The van der Waals surface area contributed by atoms with Crippen LogP contribution in [0.1, 0.15) is 5.56 Å². The van der Waals surface area contributed by atoms with Crippen LogP contribution in [0.15, 0.2) is 23.4 Å². The SMILES string of the molecule is CN(C)S(=O)(=O)c1ccc(C#N)cn1. The molecule has 14 heavy (non-hydrogen) atoms. The predicted octanol–water partition coefficient (Wildman–Crippen LogP) is 0.204. The summed E-state index contributed by atoms with van der Waals surface area (Å²) in [5.74, 6) is 0. The van der Waals surface area contributed by atoms with Crippen LogP contribution in [0, 0.1) is 11.3 Å². The van der Waals surface area contributed by atoms with Gasteiger partial charge in [0.1, 0.15) is 6.07 Å². The topological polar surface area (TPSA) is 74.1 Å². The number of sulfonamides is 1.